The molecule has 2 aromatic rings. The fourth-order valence-corrected chi connectivity index (χ4v) is 1.56. The summed E-state index contributed by atoms with van der Waals surface area (Å²) in [5.74, 6) is 0.337. The lowest BCUT2D eigenvalue weighted by Crippen LogP contribution is -1.85. The van der Waals surface area contributed by atoms with Gasteiger partial charge in [-0.3, -0.25) is 0 Å². The van der Waals surface area contributed by atoms with E-state index in [2.05, 4.69) is 12.1 Å². The first-order valence-electron chi connectivity index (χ1n) is 5.35. The van der Waals surface area contributed by atoms with Crippen molar-refractivity contribution in [3.8, 4) is 0 Å². The Morgan fingerprint density at radius 2 is 1.44 bits per heavy atom. The zero-order valence-electron chi connectivity index (χ0n) is 9.01. The molecule has 16 heavy (non-hydrogen) atoms. The summed E-state index contributed by atoms with van der Waals surface area (Å²) in [6.07, 6.45) is 2.59. The average Bonchev–Trinajstić information content (AvgIpc) is 2.38. The highest BCUT2D eigenvalue weighted by Crippen LogP contribution is 2.11. The molecule has 0 bridgehead atoms. The van der Waals surface area contributed by atoms with Crippen LogP contribution < -0.4 is 0 Å². The van der Waals surface area contributed by atoms with E-state index in [1.165, 1.54) is 5.56 Å². The van der Waals surface area contributed by atoms with Gasteiger partial charge in [0, 0.05) is 5.56 Å². The summed E-state index contributed by atoms with van der Waals surface area (Å²) in [5, 5.41) is 9.84. The molecule has 0 unspecified atom stereocenters. The molecule has 0 aromatic heterocycles. The van der Waals surface area contributed by atoms with Crippen LogP contribution in [-0.2, 0) is 6.42 Å². The number of allylic oxidation sites excluding steroid dienone is 1. The zero-order chi connectivity index (χ0) is 11.2. The summed E-state index contributed by atoms with van der Waals surface area (Å²) in [4.78, 5) is 0. The lowest BCUT2D eigenvalue weighted by Gasteiger charge is -2.00. The SMILES string of the molecule is OC(=CCc1ccccc1)c1ccccc1. The van der Waals surface area contributed by atoms with Crippen LogP contribution in [0, 0.1) is 0 Å². The lowest BCUT2D eigenvalue weighted by atomic mass is 10.1. The monoisotopic (exact) mass is 210 g/mol. The van der Waals surface area contributed by atoms with Gasteiger partial charge in [-0.2, -0.15) is 0 Å². The van der Waals surface area contributed by atoms with Crippen molar-refractivity contribution in [3.05, 3.63) is 77.9 Å². The predicted octanol–water partition coefficient (Wildman–Crippen LogP) is 3.83. The van der Waals surface area contributed by atoms with E-state index in [0.29, 0.717) is 5.76 Å². The molecule has 1 N–H and O–H groups in total. The summed E-state index contributed by atoms with van der Waals surface area (Å²) in [7, 11) is 0. The number of rotatable bonds is 3. The van der Waals surface area contributed by atoms with Crippen molar-refractivity contribution in [1.29, 1.82) is 0 Å². The van der Waals surface area contributed by atoms with Crippen molar-refractivity contribution < 1.29 is 5.11 Å². The Hall–Kier alpha value is -2.02. The van der Waals surface area contributed by atoms with Gasteiger partial charge in [0.15, 0.2) is 0 Å². The minimum Gasteiger partial charge on any atom is -0.508 e. The van der Waals surface area contributed by atoms with Gasteiger partial charge in [-0.05, 0) is 18.1 Å². The van der Waals surface area contributed by atoms with Crippen LogP contribution in [0.2, 0.25) is 0 Å². The van der Waals surface area contributed by atoms with E-state index < -0.39 is 0 Å². The Kier molecular flexibility index (Phi) is 3.39. The fourth-order valence-electron chi connectivity index (χ4n) is 1.56. The maximum absolute atomic E-state index is 9.84. The topological polar surface area (TPSA) is 20.2 Å². The maximum Gasteiger partial charge on any atom is 0.119 e. The van der Waals surface area contributed by atoms with Gasteiger partial charge in [-0.25, -0.2) is 0 Å². The molecular formula is C15H14O. The predicted molar refractivity (Wildman–Crippen MR) is 67.2 cm³/mol. The fraction of sp³-hybridized carbons (Fsp3) is 0.0667. The van der Waals surface area contributed by atoms with Crippen LogP contribution in [0.15, 0.2) is 66.7 Å². The summed E-state index contributed by atoms with van der Waals surface area (Å²) >= 11 is 0. The van der Waals surface area contributed by atoms with Crippen molar-refractivity contribution in [2.24, 2.45) is 0 Å². The van der Waals surface area contributed by atoms with E-state index >= 15 is 0 Å². The standard InChI is InChI=1S/C15H14O/c16-15(14-9-5-2-6-10-14)12-11-13-7-3-1-4-8-13/h1-10,12,16H,11H2. The normalized spacial score (nSPS) is 11.4. The summed E-state index contributed by atoms with van der Waals surface area (Å²) in [6.45, 7) is 0. The second kappa shape index (κ2) is 5.17. The molecule has 0 saturated heterocycles. The second-order valence-electron chi connectivity index (χ2n) is 3.65. The molecule has 0 heterocycles. The highest BCUT2D eigenvalue weighted by atomic mass is 16.3. The molecule has 0 aliphatic rings. The van der Waals surface area contributed by atoms with Gasteiger partial charge >= 0.3 is 0 Å². The van der Waals surface area contributed by atoms with Crippen molar-refractivity contribution >= 4 is 5.76 Å². The Balaban J connectivity index is 2.09. The Bertz CT molecular complexity index is 457. The van der Waals surface area contributed by atoms with Crippen LogP contribution in [0.5, 0.6) is 0 Å². The van der Waals surface area contributed by atoms with Crippen LogP contribution in [0.1, 0.15) is 11.1 Å². The molecule has 2 rings (SSSR count). The zero-order valence-corrected chi connectivity index (χ0v) is 9.01. The quantitative estimate of drug-likeness (QED) is 0.763. The first kappa shape index (κ1) is 10.5. The van der Waals surface area contributed by atoms with Crippen molar-refractivity contribution in [1.82, 2.24) is 0 Å². The third-order valence-corrected chi connectivity index (χ3v) is 2.44. The largest absolute Gasteiger partial charge is 0.508 e. The number of aliphatic hydroxyl groups excluding tert-OH is 1. The molecule has 0 spiro atoms. The van der Waals surface area contributed by atoms with Crippen molar-refractivity contribution in [2.75, 3.05) is 0 Å². The Labute approximate surface area is 95.7 Å². The van der Waals surface area contributed by atoms with Crippen LogP contribution in [0.4, 0.5) is 0 Å². The first-order chi connectivity index (χ1) is 7.86. The van der Waals surface area contributed by atoms with E-state index in [-0.39, 0.29) is 0 Å². The molecule has 0 atom stereocenters. The smallest absolute Gasteiger partial charge is 0.119 e. The highest BCUT2D eigenvalue weighted by molar-refractivity contribution is 5.58. The molecular weight excluding hydrogens is 196 g/mol. The van der Waals surface area contributed by atoms with Gasteiger partial charge in [0.25, 0.3) is 0 Å². The molecule has 0 amide bonds. The van der Waals surface area contributed by atoms with E-state index in [1.54, 1.807) is 0 Å². The molecule has 1 nitrogen and oxygen atoms in total. The number of hydrogen-bond donors (Lipinski definition) is 1. The van der Waals surface area contributed by atoms with Gasteiger partial charge < -0.3 is 5.11 Å². The van der Waals surface area contributed by atoms with Crippen LogP contribution in [0.25, 0.3) is 5.76 Å². The summed E-state index contributed by atoms with van der Waals surface area (Å²) in [6, 6.07) is 19.7. The van der Waals surface area contributed by atoms with Crippen LogP contribution >= 0.6 is 0 Å². The summed E-state index contributed by atoms with van der Waals surface area (Å²) in [5.41, 5.74) is 2.06. The Morgan fingerprint density at radius 3 is 2.06 bits per heavy atom. The third-order valence-electron chi connectivity index (χ3n) is 2.44. The molecule has 80 valence electrons. The van der Waals surface area contributed by atoms with Crippen molar-refractivity contribution in [3.63, 3.8) is 0 Å². The van der Waals surface area contributed by atoms with Gasteiger partial charge in [-0.1, -0.05) is 60.7 Å². The van der Waals surface area contributed by atoms with Gasteiger partial charge in [0.05, 0.1) is 0 Å². The van der Waals surface area contributed by atoms with E-state index in [0.717, 1.165) is 12.0 Å². The average molecular weight is 210 g/mol. The number of hydrogen-bond acceptors (Lipinski definition) is 1. The van der Waals surface area contributed by atoms with Gasteiger partial charge in [0.2, 0.25) is 0 Å². The third kappa shape index (κ3) is 2.74. The van der Waals surface area contributed by atoms with Crippen LogP contribution in [-0.4, -0.2) is 5.11 Å². The lowest BCUT2D eigenvalue weighted by molar-refractivity contribution is 0.510. The van der Waals surface area contributed by atoms with E-state index in [9.17, 15) is 5.11 Å². The molecule has 0 radical (unpaired) electrons. The molecule has 0 aliphatic carbocycles. The maximum atomic E-state index is 9.84. The molecule has 0 fully saturated rings. The van der Waals surface area contributed by atoms with Crippen LogP contribution in [0.3, 0.4) is 0 Å². The van der Waals surface area contributed by atoms with E-state index in [4.69, 9.17) is 0 Å². The number of benzene rings is 2. The molecule has 0 aliphatic heterocycles. The highest BCUT2D eigenvalue weighted by Gasteiger charge is 1.96. The van der Waals surface area contributed by atoms with E-state index in [1.807, 2.05) is 54.6 Å². The number of aliphatic hydroxyl groups is 1. The van der Waals surface area contributed by atoms with Gasteiger partial charge in [0.1, 0.15) is 5.76 Å². The summed E-state index contributed by atoms with van der Waals surface area (Å²) < 4.78 is 0. The minimum absolute atomic E-state index is 0.337. The minimum atomic E-state index is 0.337. The first-order valence-corrected chi connectivity index (χ1v) is 5.35. The van der Waals surface area contributed by atoms with Gasteiger partial charge in [-0.15, -0.1) is 0 Å². The molecule has 2 aromatic carbocycles. The van der Waals surface area contributed by atoms with Crippen molar-refractivity contribution in [2.45, 2.75) is 6.42 Å². The molecule has 0 saturated carbocycles. The molecule has 1 heteroatoms. The Morgan fingerprint density at radius 1 is 0.875 bits per heavy atom. The second-order valence-corrected chi connectivity index (χ2v) is 3.65.